The summed E-state index contributed by atoms with van der Waals surface area (Å²) in [7, 11) is 0. The van der Waals surface area contributed by atoms with E-state index in [-0.39, 0.29) is 12.5 Å². The van der Waals surface area contributed by atoms with Crippen molar-refractivity contribution in [2.75, 3.05) is 32.8 Å². The Kier molecular flexibility index (Phi) is 5.60. The highest BCUT2D eigenvalue weighted by molar-refractivity contribution is 5.77. The topological polar surface area (TPSA) is 77.4 Å². The van der Waals surface area contributed by atoms with Gasteiger partial charge >= 0.3 is 0 Å². The fraction of sp³-hybridized carbons (Fsp3) is 0.900. The Morgan fingerprint density at radius 1 is 1.53 bits per heavy atom. The van der Waals surface area contributed by atoms with Crippen molar-refractivity contribution < 1.29 is 20.3 Å². The third-order valence-electron chi connectivity index (χ3n) is 2.66. The van der Waals surface area contributed by atoms with Gasteiger partial charge in [-0.05, 0) is 6.42 Å². The molecule has 0 spiro atoms. The minimum absolute atomic E-state index is 0.179. The third kappa shape index (κ3) is 4.59. The highest BCUT2D eigenvalue weighted by Gasteiger charge is 2.19. The van der Waals surface area contributed by atoms with Gasteiger partial charge in [-0.2, -0.15) is 0 Å². The standard InChI is InChI=1S/C10H20N2O3/c13-8-9(14)7-11-4-2-6-12-5-1-3-10(12)15/h9,11,13-14H,1-8H2/p+1/t9-/m1/s1. The fourth-order valence-corrected chi connectivity index (χ4v) is 1.75. The quantitative estimate of drug-likeness (QED) is 0.428. The number of carbonyl (C=O) groups is 1. The van der Waals surface area contributed by atoms with Crippen LogP contribution in [0.25, 0.3) is 0 Å². The molecule has 0 radical (unpaired) electrons. The van der Waals surface area contributed by atoms with Crippen molar-refractivity contribution in [3.05, 3.63) is 0 Å². The molecular formula is C10H21N2O3+. The van der Waals surface area contributed by atoms with Gasteiger partial charge in [-0.1, -0.05) is 0 Å². The maximum atomic E-state index is 11.2. The Morgan fingerprint density at radius 2 is 2.33 bits per heavy atom. The van der Waals surface area contributed by atoms with E-state index in [1.165, 1.54) is 0 Å². The lowest BCUT2D eigenvalue weighted by Crippen LogP contribution is -2.86. The molecule has 5 heteroatoms. The third-order valence-corrected chi connectivity index (χ3v) is 2.66. The molecule has 4 N–H and O–H groups in total. The van der Waals surface area contributed by atoms with Gasteiger partial charge in [0.2, 0.25) is 5.91 Å². The van der Waals surface area contributed by atoms with Crippen LogP contribution in [-0.4, -0.2) is 59.9 Å². The van der Waals surface area contributed by atoms with Gasteiger partial charge in [0.15, 0.2) is 0 Å². The van der Waals surface area contributed by atoms with E-state index in [4.69, 9.17) is 10.2 Å². The lowest BCUT2D eigenvalue weighted by molar-refractivity contribution is -0.661. The van der Waals surface area contributed by atoms with Gasteiger partial charge in [0, 0.05) is 25.9 Å². The molecule has 0 aromatic heterocycles. The molecule has 0 unspecified atom stereocenters. The van der Waals surface area contributed by atoms with Crippen molar-refractivity contribution in [1.29, 1.82) is 0 Å². The Bertz CT molecular complexity index is 199. The minimum Gasteiger partial charge on any atom is -0.393 e. The zero-order chi connectivity index (χ0) is 11.1. The van der Waals surface area contributed by atoms with Crippen molar-refractivity contribution in [2.24, 2.45) is 0 Å². The van der Waals surface area contributed by atoms with E-state index in [1.807, 2.05) is 10.2 Å². The van der Waals surface area contributed by atoms with Crippen LogP contribution in [0.4, 0.5) is 0 Å². The molecule has 1 aliphatic rings. The fourth-order valence-electron chi connectivity index (χ4n) is 1.75. The van der Waals surface area contributed by atoms with E-state index in [1.54, 1.807) is 0 Å². The average molecular weight is 217 g/mol. The number of nitrogens with zero attached hydrogens (tertiary/aromatic N) is 1. The van der Waals surface area contributed by atoms with Crippen LogP contribution in [0.5, 0.6) is 0 Å². The summed E-state index contributed by atoms with van der Waals surface area (Å²) in [5.41, 5.74) is 0. The first-order valence-corrected chi connectivity index (χ1v) is 5.62. The number of hydrogen-bond donors (Lipinski definition) is 3. The molecule has 1 atom stereocenters. The second-order valence-corrected chi connectivity index (χ2v) is 3.99. The summed E-state index contributed by atoms with van der Waals surface area (Å²) in [5.74, 6) is 0.269. The van der Waals surface area contributed by atoms with Crippen LogP contribution >= 0.6 is 0 Å². The molecule has 0 aromatic carbocycles. The molecule has 0 bridgehead atoms. The Morgan fingerprint density at radius 3 is 2.93 bits per heavy atom. The number of carbonyl (C=O) groups excluding carboxylic acids is 1. The molecule has 0 saturated carbocycles. The van der Waals surface area contributed by atoms with Crippen LogP contribution in [0.3, 0.4) is 0 Å². The highest BCUT2D eigenvalue weighted by Crippen LogP contribution is 2.08. The molecule has 1 saturated heterocycles. The van der Waals surface area contributed by atoms with Crippen molar-refractivity contribution in [3.63, 3.8) is 0 Å². The average Bonchev–Trinajstić information content (AvgIpc) is 2.63. The van der Waals surface area contributed by atoms with Crippen LogP contribution < -0.4 is 5.32 Å². The van der Waals surface area contributed by atoms with Gasteiger partial charge in [0.1, 0.15) is 12.6 Å². The van der Waals surface area contributed by atoms with Crippen LogP contribution in [0, 0.1) is 0 Å². The number of hydrogen-bond acceptors (Lipinski definition) is 3. The smallest absolute Gasteiger partial charge is 0.222 e. The number of aliphatic hydroxyl groups excluding tert-OH is 2. The van der Waals surface area contributed by atoms with E-state index < -0.39 is 6.10 Å². The normalized spacial score (nSPS) is 18.5. The summed E-state index contributed by atoms with van der Waals surface area (Å²) in [6.45, 7) is 2.97. The summed E-state index contributed by atoms with van der Waals surface area (Å²) in [6.07, 6.45) is 2.02. The molecular weight excluding hydrogens is 196 g/mol. The van der Waals surface area contributed by atoms with E-state index >= 15 is 0 Å². The number of aliphatic hydroxyl groups is 2. The van der Waals surface area contributed by atoms with Crippen LogP contribution in [0.2, 0.25) is 0 Å². The largest absolute Gasteiger partial charge is 0.393 e. The molecule has 15 heavy (non-hydrogen) atoms. The lowest BCUT2D eigenvalue weighted by Gasteiger charge is -2.14. The van der Waals surface area contributed by atoms with E-state index in [0.29, 0.717) is 13.0 Å². The number of rotatable bonds is 7. The Hall–Kier alpha value is -0.650. The summed E-state index contributed by atoms with van der Waals surface area (Å²) in [5, 5.41) is 19.6. The minimum atomic E-state index is -0.626. The van der Waals surface area contributed by atoms with Crippen LogP contribution in [-0.2, 0) is 4.79 Å². The predicted molar refractivity (Wildman–Crippen MR) is 55.2 cm³/mol. The van der Waals surface area contributed by atoms with Gasteiger partial charge < -0.3 is 20.4 Å². The first kappa shape index (κ1) is 12.4. The molecule has 1 heterocycles. The molecule has 1 amide bonds. The number of nitrogens with two attached hydrogens (primary N) is 1. The van der Waals surface area contributed by atoms with Crippen molar-refractivity contribution >= 4 is 5.91 Å². The van der Waals surface area contributed by atoms with Crippen LogP contribution in [0.15, 0.2) is 0 Å². The number of likely N-dealkylation sites (tertiary alicyclic amines) is 1. The molecule has 1 aliphatic heterocycles. The van der Waals surface area contributed by atoms with Crippen LogP contribution in [0.1, 0.15) is 19.3 Å². The van der Waals surface area contributed by atoms with Crippen molar-refractivity contribution in [2.45, 2.75) is 25.4 Å². The Labute approximate surface area is 90.1 Å². The van der Waals surface area contributed by atoms with Gasteiger partial charge in [-0.15, -0.1) is 0 Å². The van der Waals surface area contributed by atoms with Gasteiger partial charge in [-0.3, -0.25) is 4.79 Å². The summed E-state index contributed by atoms with van der Waals surface area (Å²) >= 11 is 0. The van der Waals surface area contributed by atoms with E-state index in [2.05, 4.69) is 0 Å². The molecule has 88 valence electrons. The second kappa shape index (κ2) is 6.76. The Balaban J connectivity index is 1.95. The highest BCUT2D eigenvalue weighted by atomic mass is 16.3. The summed E-state index contributed by atoms with van der Waals surface area (Å²) in [4.78, 5) is 13.1. The molecule has 1 rings (SSSR count). The molecule has 0 aliphatic carbocycles. The lowest BCUT2D eigenvalue weighted by atomic mass is 10.3. The monoisotopic (exact) mass is 217 g/mol. The van der Waals surface area contributed by atoms with E-state index in [9.17, 15) is 4.79 Å². The first-order chi connectivity index (χ1) is 7.24. The second-order valence-electron chi connectivity index (χ2n) is 3.99. The van der Waals surface area contributed by atoms with Gasteiger partial charge in [-0.25, -0.2) is 0 Å². The number of amides is 1. The summed E-state index contributed by atoms with van der Waals surface area (Å²) in [6, 6.07) is 0. The first-order valence-electron chi connectivity index (χ1n) is 5.62. The van der Waals surface area contributed by atoms with Crippen molar-refractivity contribution in [3.8, 4) is 0 Å². The molecule has 0 aromatic rings. The van der Waals surface area contributed by atoms with Crippen molar-refractivity contribution in [1.82, 2.24) is 4.90 Å². The predicted octanol–water partition coefficient (Wildman–Crippen LogP) is -2.08. The van der Waals surface area contributed by atoms with E-state index in [0.717, 1.165) is 32.5 Å². The SMILES string of the molecule is O=C1CCCN1CCC[NH2+]C[C@@H](O)CO. The maximum absolute atomic E-state index is 11.2. The number of quaternary nitrogens is 1. The van der Waals surface area contributed by atoms with Gasteiger partial charge in [0.25, 0.3) is 0 Å². The zero-order valence-corrected chi connectivity index (χ0v) is 9.06. The molecule has 1 fully saturated rings. The summed E-state index contributed by atoms with van der Waals surface area (Å²) < 4.78 is 0. The maximum Gasteiger partial charge on any atom is 0.222 e. The molecule has 5 nitrogen and oxygen atoms in total. The zero-order valence-electron chi connectivity index (χ0n) is 9.06. The van der Waals surface area contributed by atoms with Gasteiger partial charge in [0.05, 0.1) is 13.2 Å².